The van der Waals surface area contributed by atoms with Crippen LogP contribution in [0.15, 0.2) is 29.2 Å². The van der Waals surface area contributed by atoms with Crippen molar-refractivity contribution in [3.05, 3.63) is 34.0 Å². The van der Waals surface area contributed by atoms with Crippen molar-refractivity contribution in [2.75, 3.05) is 0 Å². The molecule has 1 aliphatic rings. The molecule has 1 aromatic heterocycles. The molecule has 0 aromatic carbocycles. The van der Waals surface area contributed by atoms with E-state index < -0.39 is 0 Å². The first-order chi connectivity index (χ1) is 7.86. The third-order valence-electron chi connectivity index (χ3n) is 3.06. The molecule has 0 radical (unpaired) electrons. The topological polar surface area (TPSA) is 17.1 Å². The molecule has 86 valence electrons. The number of hydrogen-bond donors (Lipinski definition) is 0. The summed E-state index contributed by atoms with van der Waals surface area (Å²) in [5.74, 6) is 0.385. The number of Topliss-reactive ketones (excluding diaryl/α,β-unsaturated/α-hetero) is 1. The van der Waals surface area contributed by atoms with Crippen LogP contribution in [0.25, 0.3) is 0 Å². The maximum Gasteiger partial charge on any atom is 0.158 e. The SMILES string of the molecule is O=C(CCCc1cccs1)C1=CCCCC1. The molecule has 1 heterocycles. The Kier molecular flexibility index (Phi) is 4.34. The third-order valence-corrected chi connectivity index (χ3v) is 3.99. The van der Waals surface area contributed by atoms with Crippen molar-refractivity contribution in [3.8, 4) is 0 Å². The first-order valence-corrected chi connectivity index (χ1v) is 6.99. The molecule has 0 fully saturated rings. The zero-order valence-corrected chi connectivity index (χ0v) is 10.4. The molecule has 2 rings (SSSR count). The lowest BCUT2D eigenvalue weighted by atomic mass is 9.94. The predicted molar refractivity (Wildman–Crippen MR) is 68.8 cm³/mol. The molecule has 16 heavy (non-hydrogen) atoms. The number of hydrogen-bond acceptors (Lipinski definition) is 2. The molecule has 1 aromatic rings. The number of allylic oxidation sites excluding steroid dienone is 2. The smallest absolute Gasteiger partial charge is 0.158 e. The summed E-state index contributed by atoms with van der Waals surface area (Å²) in [5.41, 5.74) is 1.09. The average Bonchev–Trinajstić information content (AvgIpc) is 2.83. The fourth-order valence-electron chi connectivity index (χ4n) is 2.13. The lowest BCUT2D eigenvalue weighted by Gasteiger charge is -2.10. The van der Waals surface area contributed by atoms with Gasteiger partial charge < -0.3 is 0 Å². The van der Waals surface area contributed by atoms with E-state index in [2.05, 4.69) is 23.6 Å². The zero-order valence-electron chi connectivity index (χ0n) is 9.58. The standard InChI is InChI=1S/C14H18OS/c15-14(12-6-2-1-3-7-12)10-4-8-13-9-5-11-16-13/h5-6,9,11H,1-4,7-8,10H2. The van der Waals surface area contributed by atoms with Gasteiger partial charge in [-0.25, -0.2) is 0 Å². The van der Waals surface area contributed by atoms with E-state index >= 15 is 0 Å². The minimum absolute atomic E-state index is 0.385. The summed E-state index contributed by atoms with van der Waals surface area (Å²) in [6.07, 6.45) is 9.49. The maximum absolute atomic E-state index is 11.9. The Bertz CT molecular complexity index is 362. The zero-order chi connectivity index (χ0) is 11.2. The van der Waals surface area contributed by atoms with E-state index in [1.165, 1.54) is 17.7 Å². The van der Waals surface area contributed by atoms with Gasteiger partial charge in [-0.15, -0.1) is 11.3 Å². The molecule has 1 aliphatic carbocycles. The molecule has 0 aliphatic heterocycles. The van der Waals surface area contributed by atoms with Gasteiger partial charge >= 0.3 is 0 Å². The van der Waals surface area contributed by atoms with Crippen LogP contribution in [-0.2, 0) is 11.2 Å². The highest BCUT2D eigenvalue weighted by molar-refractivity contribution is 7.09. The van der Waals surface area contributed by atoms with Crippen LogP contribution in [0.1, 0.15) is 43.4 Å². The van der Waals surface area contributed by atoms with Gasteiger partial charge in [-0.05, 0) is 55.5 Å². The molecule has 0 unspecified atom stereocenters. The Balaban J connectivity index is 1.73. The van der Waals surface area contributed by atoms with Crippen LogP contribution in [-0.4, -0.2) is 5.78 Å². The fraction of sp³-hybridized carbons (Fsp3) is 0.500. The van der Waals surface area contributed by atoms with E-state index in [-0.39, 0.29) is 0 Å². The summed E-state index contributed by atoms with van der Waals surface area (Å²) in [5, 5.41) is 2.10. The van der Waals surface area contributed by atoms with Gasteiger partial charge in [0.1, 0.15) is 0 Å². The van der Waals surface area contributed by atoms with Gasteiger partial charge in [-0.1, -0.05) is 12.1 Å². The molecule has 1 nitrogen and oxygen atoms in total. The number of aryl methyl sites for hydroxylation is 1. The highest BCUT2D eigenvalue weighted by Crippen LogP contribution is 2.20. The van der Waals surface area contributed by atoms with Gasteiger partial charge in [-0.2, -0.15) is 0 Å². The summed E-state index contributed by atoms with van der Waals surface area (Å²) in [4.78, 5) is 13.3. The Hall–Kier alpha value is -0.890. The van der Waals surface area contributed by atoms with E-state index in [0.717, 1.165) is 37.7 Å². The molecule has 0 amide bonds. The number of carbonyl (C=O) groups is 1. The van der Waals surface area contributed by atoms with Crippen molar-refractivity contribution in [2.24, 2.45) is 0 Å². The molecule has 0 spiro atoms. The molecule has 0 N–H and O–H groups in total. The van der Waals surface area contributed by atoms with E-state index in [1.807, 2.05) is 0 Å². The second-order valence-corrected chi connectivity index (χ2v) is 5.36. The summed E-state index contributed by atoms with van der Waals surface area (Å²) < 4.78 is 0. The average molecular weight is 234 g/mol. The van der Waals surface area contributed by atoms with Crippen molar-refractivity contribution >= 4 is 17.1 Å². The Morgan fingerprint density at radius 3 is 3.00 bits per heavy atom. The largest absolute Gasteiger partial charge is 0.295 e. The van der Waals surface area contributed by atoms with E-state index in [0.29, 0.717) is 5.78 Å². The number of ketones is 1. The molecular formula is C14H18OS. The summed E-state index contributed by atoms with van der Waals surface area (Å²) >= 11 is 1.78. The molecule has 2 heteroatoms. The summed E-state index contributed by atoms with van der Waals surface area (Å²) in [7, 11) is 0. The van der Waals surface area contributed by atoms with Gasteiger partial charge in [0.05, 0.1) is 0 Å². The van der Waals surface area contributed by atoms with Crippen molar-refractivity contribution in [3.63, 3.8) is 0 Å². The van der Waals surface area contributed by atoms with Crippen LogP contribution in [0.2, 0.25) is 0 Å². The number of rotatable bonds is 5. The van der Waals surface area contributed by atoms with Gasteiger partial charge in [0.2, 0.25) is 0 Å². The van der Waals surface area contributed by atoms with Crippen LogP contribution in [0.3, 0.4) is 0 Å². The minimum atomic E-state index is 0.385. The summed E-state index contributed by atoms with van der Waals surface area (Å²) in [6, 6.07) is 4.22. The second kappa shape index (κ2) is 6.00. The van der Waals surface area contributed by atoms with Crippen LogP contribution < -0.4 is 0 Å². The van der Waals surface area contributed by atoms with Crippen LogP contribution in [0, 0.1) is 0 Å². The first-order valence-electron chi connectivity index (χ1n) is 6.11. The Morgan fingerprint density at radius 1 is 1.38 bits per heavy atom. The van der Waals surface area contributed by atoms with Crippen molar-refractivity contribution in [1.29, 1.82) is 0 Å². The Morgan fingerprint density at radius 2 is 2.31 bits per heavy atom. The van der Waals surface area contributed by atoms with Gasteiger partial charge in [-0.3, -0.25) is 4.79 Å². The second-order valence-electron chi connectivity index (χ2n) is 4.33. The quantitative estimate of drug-likeness (QED) is 0.748. The predicted octanol–water partition coefficient (Wildman–Crippen LogP) is 4.14. The molecule has 0 atom stereocenters. The van der Waals surface area contributed by atoms with Crippen LogP contribution in [0.5, 0.6) is 0 Å². The van der Waals surface area contributed by atoms with Crippen molar-refractivity contribution in [1.82, 2.24) is 0 Å². The van der Waals surface area contributed by atoms with Crippen LogP contribution >= 0.6 is 11.3 Å². The number of thiophene rings is 1. The maximum atomic E-state index is 11.9. The monoisotopic (exact) mass is 234 g/mol. The first kappa shape index (κ1) is 11.6. The molecule has 0 bridgehead atoms. The molecular weight excluding hydrogens is 216 g/mol. The van der Waals surface area contributed by atoms with Crippen molar-refractivity contribution < 1.29 is 4.79 Å². The van der Waals surface area contributed by atoms with Gasteiger partial charge in [0, 0.05) is 11.3 Å². The normalized spacial score (nSPS) is 15.9. The third kappa shape index (κ3) is 3.31. The Labute approximate surface area is 101 Å². The highest BCUT2D eigenvalue weighted by Gasteiger charge is 2.11. The van der Waals surface area contributed by atoms with E-state index in [1.54, 1.807) is 11.3 Å². The lowest BCUT2D eigenvalue weighted by molar-refractivity contribution is -0.115. The van der Waals surface area contributed by atoms with E-state index in [9.17, 15) is 4.79 Å². The molecule has 0 saturated carbocycles. The van der Waals surface area contributed by atoms with Crippen molar-refractivity contribution in [2.45, 2.75) is 44.9 Å². The minimum Gasteiger partial charge on any atom is -0.295 e. The lowest BCUT2D eigenvalue weighted by Crippen LogP contribution is -2.05. The number of carbonyl (C=O) groups excluding carboxylic acids is 1. The van der Waals surface area contributed by atoms with E-state index in [4.69, 9.17) is 0 Å². The van der Waals surface area contributed by atoms with Gasteiger partial charge in [0.15, 0.2) is 5.78 Å². The highest BCUT2D eigenvalue weighted by atomic mass is 32.1. The molecule has 0 saturated heterocycles. The fourth-order valence-corrected chi connectivity index (χ4v) is 2.88. The summed E-state index contributed by atoms with van der Waals surface area (Å²) in [6.45, 7) is 0. The van der Waals surface area contributed by atoms with Gasteiger partial charge in [0.25, 0.3) is 0 Å². The van der Waals surface area contributed by atoms with Crippen LogP contribution in [0.4, 0.5) is 0 Å².